The average molecular weight is 463 g/mol. The zero-order valence-electron chi connectivity index (χ0n) is 17.5. The molecule has 9 heteroatoms. The summed E-state index contributed by atoms with van der Waals surface area (Å²) in [5.74, 6) is -0.593. The standard InChI is InChI=1S/C22H23FN2O4S2/c1-14-12-15(8-9-17(14)23)31(27,28)25-10-11-29-18(13-25)20-16-6-4-5-7-19(16)30-21(20)22(26)24(2)3/h4-9,12,18H,10-11,13H2,1-3H3. The molecule has 1 aliphatic heterocycles. The van der Waals surface area contributed by atoms with Crippen molar-refractivity contribution < 1.29 is 22.3 Å². The van der Waals surface area contributed by atoms with Gasteiger partial charge in [-0.25, -0.2) is 12.8 Å². The summed E-state index contributed by atoms with van der Waals surface area (Å²) in [6, 6.07) is 11.4. The van der Waals surface area contributed by atoms with Crippen LogP contribution >= 0.6 is 11.3 Å². The van der Waals surface area contributed by atoms with E-state index in [0.717, 1.165) is 15.6 Å². The van der Waals surface area contributed by atoms with Crippen molar-refractivity contribution >= 4 is 37.4 Å². The average Bonchev–Trinajstić information content (AvgIpc) is 3.14. The van der Waals surface area contributed by atoms with Gasteiger partial charge in [-0.1, -0.05) is 18.2 Å². The van der Waals surface area contributed by atoms with Crippen molar-refractivity contribution in [2.24, 2.45) is 0 Å². The zero-order chi connectivity index (χ0) is 22.3. The minimum Gasteiger partial charge on any atom is -0.371 e. The first-order valence-electron chi connectivity index (χ1n) is 9.81. The molecule has 1 aromatic heterocycles. The van der Waals surface area contributed by atoms with Gasteiger partial charge in [-0.15, -0.1) is 11.3 Å². The Hall–Kier alpha value is -2.33. The van der Waals surface area contributed by atoms with Gasteiger partial charge in [-0.2, -0.15) is 4.31 Å². The highest BCUT2D eigenvalue weighted by molar-refractivity contribution is 7.89. The molecule has 1 amide bonds. The van der Waals surface area contributed by atoms with E-state index in [1.165, 1.54) is 45.7 Å². The molecular weight excluding hydrogens is 439 g/mol. The number of nitrogens with zero attached hydrogens (tertiary/aromatic N) is 2. The number of benzene rings is 2. The van der Waals surface area contributed by atoms with Crippen LogP contribution in [0, 0.1) is 12.7 Å². The number of sulfonamides is 1. The molecule has 1 atom stereocenters. The molecule has 2 heterocycles. The molecule has 1 aliphatic rings. The number of morpholine rings is 1. The molecule has 3 aromatic rings. The second kappa shape index (κ2) is 8.31. The van der Waals surface area contributed by atoms with Crippen LogP contribution in [-0.4, -0.2) is 57.3 Å². The largest absolute Gasteiger partial charge is 0.371 e. The van der Waals surface area contributed by atoms with Crippen LogP contribution < -0.4 is 0 Å². The van der Waals surface area contributed by atoms with Gasteiger partial charge in [0.2, 0.25) is 10.0 Å². The fraction of sp³-hybridized carbons (Fsp3) is 0.318. The second-order valence-corrected chi connectivity index (χ2v) is 10.7. The van der Waals surface area contributed by atoms with E-state index in [1.807, 2.05) is 24.3 Å². The van der Waals surface area contributed by atoms with Crippen molar-refractivity contribution in [2.75, 3.05) is 33.8 Å². The highest BCUT2D eigenvalue weighted by atomic mass is 32.2. The molecule has 1 fully saturated rings. The Kier molecular flexibility index (Phi) is 5.87. The van der Waals surface area contributed by atoms with Crippen LogP contribution in [-0.2, 0) is 14.8 Å². The minimum atomic E-state index is -3.83. The quantitative estimate of drug-likeness (QED) is 0.591. The summed E-state index contributed by atoms with van der Waals surface area (Å²) in [6.07, 6.45) is -0.583. The first-order chi connectivity index (χ1) is 14.7. The number of amides is 1. The van der Waals surface area contributed by atoms with Gasteiger partial charge in [0.05, 0.1) is 22.5 Å². The van der Waals surface area contributed by atoms with Crippen LogP contribution in [0.2, 0.25) is 0 Å². The summed E-state index contributed by atoms with van der Waals surface area (Å²) in [4.78, 5) is 15.0. The molecule has 31 heavy (non-hydrogen) atoms. The predicted octanol–water partition coefficient (Wildman–Crippen LogP) is 3.81. The third-order valence-corrected chi connectivity index (χ3v) is 8.39. The van der Waals surface area contributed by atoms with E-state index in [2.05, 4.69) is 0 Å². The molecule has 0 spiro atoms. The number of carbonyl (C=O) groups is 1. The van der Waals surface area contributed by atoms with E-state index in [4.69, 9.17) is 4.74 Å². The second-order valence-electron chi connectivity index (χ2n) is 7.67. The third-order valence-electron chi connectivity index (χ3n) is 5.35. The van der Waals surface area contributed by atoms with Crippen LogP contribution in [0.15, 0.2) is 47.4 Å². The lowest BCUT2D eigenvalue weighted by Gasteiger charge is -2.33. The Morgan fingerprint density at radius 2 is 1.97 bits per heavy atom. The van der Waals surface area contributed by atoms with E-state index in [0.29, 0.717) is 4.88 Å². The molecule has 0 saturated carbocycles. The minimum absolute atomic E-state index is 0.0480. The maximum Gasteiger partial charge on any atom is 0.263 e. The molecule has 1 unspecified atom stereocenters. The first kappa shape index (κ1) is 21.9. The van der Waals surface area contributed by atoms with Gasteiger partial charge >= 0.3 is 0 Å². The molecule has 2 aromatic carbocycles. The van der Waals surface area contributed by atoms with Crippen molar-refractivity contribution in [1.82, 2.24) is 9.21 Å². The van der Waals surface area contributed by atoms with Crippen molar-refractivity contribution in [2.45, 2.75) is 17.9 Å². The van der Waals surface area contributed by atoms with E-state index in [9.17, 15) is 17.6 Å². The first-order valence-corrected chi connectivity index (χ1v) is 12.1. The number of ether oxygens (including phenoxy) is 1. The fourth-order valence-electron chi connectivity index (χ4n) is 3.69. The van der Waals surface area contributed by atoms with Crippen LogP contribution in [0.5, 0.6) is 0 Å². The summed E-state index contributed by atoms with van der Waals surface area (Å²) < 4.78 is 48.4. The lowest BCUT2D eigenvalue weighted by atomic mass is 10.0. The number of fused-ring (bicyclic) bond motifs is 1. The fourth-order valence-corrected chi connectivity index (χ4v) is 6.48. The predicted molar refractivity (Wildman–Crippen MR) is 118 cm³/mol. The van der Waals surface area contributed by atoms with Gasteiger partial charge < -0.3 is 9.64 Å². The third kappa shape index (κ3) is 3.98. The number of rotatable bonds is 4. The Labute approximate surface area is 184 Å². The van der Waals surface area contributed by atoms with Crippen molar-refractivity contribution in [3.05, 3.63) is 64.3 Å². The molecule has 0 aliphatic carbocycles. The van der Waals surface area contributed by atoms with Gasteiger partial charge in [0.25, 0.3) is 5.91 Å². The van der Waals surface area contributed by atoms with Crippen molar-refractivity contribution in [3.63, 3.8) is 0 Å². The highest BCUT2D eigenvalue weighted by Gasteiger charge is 2.35. The van der Waals surface area contributed by atoms with Crippen LogP contribution in [0.4, 0.5) is 4.39 Å². The summed E-state index contributed by atoms with van der Waals surface area (Å²) in [6.45, 7) is 2.00. The lowest BCUT2D eigenvalue weighted by molar-refractivity contribution is -0.00203. The SMILES string of the molecule is Cc1cc(S(=O)(=O)N2CCOC(c3c(C(=O)N(C)C)sc4ccccc34)C2)ccc1F. The van der Waals surface area contributed by atoms with Gasteiger partial charge in [-0.05, 0) is 42.1 Å². The number of aryl methyl sites for hydroxylation is 1. The van der Waals surface area contributed by atoms with Gasteiger partial charge in [0.15, 0.2) is 0 Å². The molecule has 1 saturated heterocycles. The molecule has 6 nitrogen and oxygen atoms in total. The number of halogens is 1. The van der Waals surface area contributed by atoms with Gasteiger partial charge in [0, 0.05) is 37.4 Å². The molecule has 0 bridgehead atoms. The zero-order valence-corrected chi connectivity index (χ0v) is 19.1. The lowest BCUT2D eigenvalue weighted by Crippen LogP contribution is -2.42. The molecule has 0 N–H and O–H groups in total. The van der Waals surface area contributed by atoms with Crippen LogP contribution in [0.1, 0.15) is 26.9 Å². The number of hydrogen-bond acceptors (Lipinski definition) is 5. The Bertz CT molecular complexity index is 1250. The van der Waals surface area contributed by atoms with E-state index in [-0.39, 0.29) is 36.1 Å². The molecule has 4 rings (SSSR count). The Balaban J connectivity index is 1.74. The number of hydrogen-bond donors (Lipinski definition) is 0. The number of carbonyl (C=O) groups excluding carboxylic acids is 1. The highest BCUT2D eigenvalue weighted by Crippen LogP contribution is 2.39. The topological polar surface area (TPSA) is 66.9 Å². The smallest absolute Gasteiger partial charge is 0.263 e. The van der Waals surface area contributed by atoms with E-state index >= 15 is 0 Å². The maximum atomic E-state index is 13.6. The maximum absolute atomic E-state index is 13.6. The van der Waals surface area contributed by atoms with Gasteiger partial charge in [0.1, 0.15) is 5.82 Å². The normalized spacial score (nSPS) is 17.7. The Morgan fingerprint density at radius 1 is 1.23 bits per heavy atom. The monoisotopic (exact) mass is 462 g/mol. The van der Waals surface area contributed by atoms with E-state index in [1.54, 1.807) is 14.1 Å². The number of thiophene rings is 1. The van der Waals surface area contributed by atoms with Crippen LogP contribution in [0.3, 0.4) is 0 Å². The summed E-state index contributed by atoms with van der Waals surface area (Å²) in [7, 11) is -0.461. The van der Waals surface area contributed by atoms with E-state index < -0.39 is 21.9 Å². The van der Waals surface area contributed by atoms with Crippen molar-refractivity contribution in [3.8, 4) is 0 Å². The summed E-state index contributed by atoms with van der Waals surface area (Å²) >= 11 is 1.38. The summed E-state index contributed by atoms with van der Waals surface area (Å²) in [5.41, 5.74) is 0.989. The van der Waals surface area contributed by atoms with Crippen molar-refractivity contribution in [1.29, 1.82) is 0 Å². The Morgan fingerprint density at radius 3 is 2.68 bits per heavy atom. The summed E-state index contributed by atoms with van der Waals surface area (Å²) in [5, 5.41) is 0.888. The van der Waals surface area contributed by atoms with Gasteiger partial charge in [-0.3, -0.25) is 4.79 Å². The van der Waals surface area contributed by atoms with Crippen LogP contribution in [0.25, 0.3) is 10.1 Å². The molecule has 0 radical (unpaired) electrons. The molecular formula is C22H23FN2O4S2. The molecule has 164 valence electrons.